The standard InChI is InChI=1S/C16H24BrNO/c1-11-6-4-5-7-15(11)19-16-9-8-13(17)10-14(16)12(2)18-3/h8-12,15,18H,4-7H2,1-3H3. The highest BCUT2D eigenvalue weighted by atomic mass is 79.9. The molecule has 1 fully saturated rings. The number of benzene rings is 1. The van der Waals surface area contributed by atoms with E-state index in [9.17, 15) is 0 Å². The Bertz CT molecular complexity index is 421. The van der Waals surface area contributed by atoms with E-state index in [1.807, 2.05) is 7.05 Å². The van der Waals surface area contributed by atoms with Gasteiger partial charge in [0.1, 0.15) is 11.9 Å². The summed E-state index contributed by atoms with van der Waals surface area (Å²) < 4.78 is 7.42. The smallest absolute Gasteiger partial charge is 0.124 e. The van der Waals surface area contributed by atoms with E-state index in [4.69, 9.17) is 4.74 Å². The second-order valence-corrected chi connectivity index (χ2v) is 6.53. The Morgan fingerprint density at radius 1 is 1.32 bits per heavy atom. The third-order valence-corrected chi connectivity index (χ3v) is 4.68. The second kappa shape index (κ2) is 6.76. The minimum absolute atomic E-state index is 0.298. The fourth-order valence-corrected chi connectivity index (χ4v) is 3.12. The molecule has 0 spiro atoms. The van der Waals surface area contributed by atoms with Crippen LogP contribution in [0.25, 0.3) is 0 Å². The predicted octanol–water partition coefficient (Wildman–Crippen LogP) is 4.69. The number of rotatable bonds is 4. The van der Waals surface area contributed by atoms with Crippen molar-refractivity contribution in [2.24, 2.45) is 5.92 Å². The van der Waals surface area contributed by atoms with Gasteiger partial charge in [-0.1, -0.05) is 29.3 Å². The Kier molecular flexibility index (Phi) is 5.28. The molecule has 0 aromatic heterocycles. The maximum absolute atomic E-state index is 6.32. The molecule has 0 radical (unpaired) electrons. The van der Waals surface area contributed by atoms with Gasteiger partial charge in [0.25, 0.3) is 0 Å². The summed E-state index contributed by atoms with van der Waals surface area (Å²) in [7, 11) is 1.98. The van der Waals surface area contributed by atoms with Crippen LogP contribution in [0, 0.1) is 5.92 Å². The highest BCUT2D eigenvalue weighted by Crippen LogP contribution is 2.33. The lowest BCUT2D eigenvalue weighted by Crippen LogP contribution is -2.29. The number of hydrogen-bond acceptors (Lipinski definition) is 2. The van der Waals surface area contributed by atoms with E-state index in [1.165, 1.54) is 31.2 Å². The van der Waals surface area contributed by atoms with E-state index in [0.29, 0.717) is 18.1 Å². The first-order valence-corrected chi connectivity index (χ1v) is 8.04. The first kappa shape index (κ1) is 14.9. The molecule has 1 aromatic carbocycles. The van der Waals surface area contributed by atoms with E-state index >= 15 is 0 Å². The largest absolute Gasteiger partial charge is 0.490 e. The SMILES string of the molecule is CNC(C)c1cc(Br)ccc1OC1CCCCC1C. The zero-order valence-electron chi connectivity index (χ0n) is 12.1. The van der Waals surface area contributed by atoms with Crippen LogP contribution < -0.4 is 10.1 Å². The molecule has 1 N–H and O–H groups in total. The zero-order valence-corrected chi connectivity index (χ0v) is 13.7. The lowest BCUT2D eigenvalue weighted by atomic mass is 9.88. The molecule has 0 amide bonds. The van der Waals surface area contributed by atoms with E-state index in [1.54, 1.807) is 0 Å². The molecule has 2 nitrogen and oxygen atoms in total. The van der Waals surface area contributed by atoms with Crippen molar-refractivity contribution in [1.82, 2.24) is 5.32 Å². The second-order valence-electron chi connectivity index (χ2n) is 5.61. The molecule has 3 atom stereocenters. The summed E-state index contributed by atoms with van der Waals surface area (Å²) in [5.41, 5.74) is 1.23. The number of halogens is 1. The van der Waals surface area contributed by atoms with Crippen LogP contribution >= 0.6 is 15.9 Å². The van der Waals surface area contributed by atoms with Crippen molar-refractivity contribution in [3.63, 3.8) is 0 Å². The van der Waals surface area contributed by atoms with Crippen LogP contribution in [0.5, 0.6) is 5.75 Å². The van der Waals surface area contributed by atoms with Gasteiger partial charge in [0, 0.05) is 16.1 Å². The molecule has 1 aliphatic rings. The minimum atomic E-state index is 0.298. The molecule has 1 aliphatic carbocycles. The molecule has 2 rings (SSSR count). The van der Waals surface area contributed by atoms with Crippen LogP contribution in [-0.2, 0) is 0 Å². The van der Waals surface area contributed by atoms with Crippen molar-refractivity contribution in [2.75, 3.05) is 7.05 Å². The summed E-state index contributed by atoms with van der Waals surface area (Å²) in [6.45, 7) is 4.47. The van der Waals surface area contributed by atoms with Gasteiger partial charge in [-0.05, 0) is 57.4 Å². The van der Waals surface area contributed by atoms with Gasteiger partial charge in [0.2, 0.25) is 0 Å². The average Bonchev–Trinajstić information content (AvgIpc) is 2.42. The fraction of sp³-hybridized carbons (Fsp3) is 0.625. The Morgan fingerprint density at radius 3 is 2.74 bits per heavy atom. The van der Waals surface area contributed by atoms with Crippen LogP contribution in [0.15, 0.2) is 22.7 Å². The van der Waals surface area contributed by atoms with Gasteiger partial charge in [-0.25, -0.2) is 0 Å². The molecule has 3 heteroatoms. The third kappa shape index (κ3) is 3.73. The lowest BCUT2D eigenvalue weighted by Gasteiger charge is -2.30. The van der Waals surface area contributed by atoms with Gasteiger partial charge in [-0.2, -0.15) is 0 Å². The molecule has 106 valence electrons. The maximum atomic E-state index is 6.32. The Hall–Kier alpha value is -0.540. The summed E-state index contributed by atoms with van der Waals surface area (Å²) in [6, 6.07) is 6.61. The van der Waals surface area contributed by atoms with Crippen molar-refractivity contribution in [1.29, 1.82) is 0 Å². The summed E-state index contributed by atoms with van der Waals surface area (Å²) in [5.74, 6) is 1.69. The van der Waals surface area contributed by atoms with Crippen LogP contribution in [-0.4, -0.2) is 13.2 Å². The predicted molar refractivity (Wildman–Crippen MR) is 83.7 cm³/mol. The molecular formula is C16H24BrNO. The molecule has 19 heavy (non-hydrogen) atoms. The Morgan fingerprint density at radius 2 is 2.05 bits per heavy atom. The van der Waals surface area contributed by atoms with Gasteiger partial charge in [-0.15, -0.1) is 0 Å². The van der Waals surface area contributed by atoms with Crippen molar-refractivity contribution in [3.05, 3.63) is 28.2 Å². The van der Waals surface area contributed by atoms with Crippen LogP contribution in [0.3, 0.4) is 0 Å². The average molecular weight is 326 g/mol. The van der Waals surface area contributed by atoms with E-state index in [0.717, 1.165) is 10.2 Å². The van der Waals surface area contributed by atoms with Crippen LogP contribution in [0.2, 0.25) is 0 Å². The molecule has 0 saturated heterocycles. The molecule has 1 aromatic rings. The summed E-state index contributed by atoms with van der Waals surface area (Å²) in [5, 5.41) is 3.30. The Balaban J connectivity index is 2.18. The summed E-state index contributed by atoms with van der Waals surface area (Å²) in [4.78, 5) is 0. The van der Waals surface area contributed by atoms with Crippen molar-refractivity contribution >= 4 is 15.9 Å². The van der Waals surface area contributed by atoms with Gasteiger partial charge in [0.05, 0.1) is 0 Å². The third-order valence-electron chi connectivity index (χ3n) is 4.18. The molecule has 3 unspecified atom stereocenters. The van der Waals surface area contributed by atoms with Crippen LogP contribution in [0.4, 0.5) is 0 Å². The van der Waals surface area contributed by atoms with E-state index in [2.05, 4.69) is 53.3 Å². The minimum Gasteiger partial charge on any atom is -0.490 e. The highest BCUT2D eigenvalue weighted by Gasteiger charge is 2.24. The highest BCUT2D eigenvalue weighted by molar-refractivity contribution is 9.10. The summed E-state index contributed by atoms with van der Waals surface area (Å²) in [6.07, 6.45) is 5.49. The van der Waals surface area contributed by atoms with Gasteiger partial charge < -0.3 is 10.1 Å². The first-order chi connectivity index (χ1) is 9.11. The molecule has 0 aliphatic heterocycles. The fourth-order valence-electron chi connectivity index (χ4n) is 2.74. The monoisotopic (exact) mass is 325 g/mol. The van der Waals surface area contributed by atoms with Gasteiger partial charge in [-0.3, -0.25) is 0 Å². The van der Waals surface area contributed by atoms with Crippen molar-refractivity contribution in [3.8, 4) is 5.75 Å². The number of nitrogens with one attached hydrogen (secondary N) is 1. The summed E-state index contributed by atoms with van der Waals surface area (Å²) >= 11 is 3.55. The van der Waals surface area contributed by atoms with Gasteiger partial charge >= 0.3 is 0 Å². The molecular weight excluding hydrogens is 302 g/mol. The molecule has 1 saturated carbocycles. The lowest BCUT2D eigenvalue weighted by molar-refractivity contribution is 0.101. The molecule has 0 bridgehead atoms. The van der Waals surface area contributed by atoms with E-state index in [-0.39, 0.29) is 0 Å². The van der Waals surface area contributed by atoms with Crippen molar-refractivity contribution in [2.45, 2.75) is 51.7 Å². The van der Waals surface area contributed by atoms with Crippen LogP contribution in [0.1, 0.15) is 51.1 Å². The Labute approximate surface area is 125 Å². The first-order valence-electron chi connectivity index (χ1n) is 7.25. The number of hydrogen-bond donors (Lipinski definition) is 1. The van der Waals surface area contributed by atoms with Gasteiger partial charge in [0.15, 0.2) is 0 Å². The van der Waals surface area contributed by atoms with Crippen molar-refractivity contribution < 1.29 is 4.74 Å². The van der Waals surface area contributed by atoms with E-state index < -0.39 is 0 Å². The topological polar surface area (TPSA) is 21.3 Å². The molecule has 0 heterocycles. The quantitative estimate of drug-likeness (QED) is 0.867. The normalized spacial score (nSPS) is 25.1. The maximum Gasteiger partial charge on any atom is 0.124 e. The zero-order chi connectivity index (χ0) is 13.8. The number of ether oxygens (including phenoxy) is 1.